The van der Waals surface area contributed by atoms with E-state index in [2.05, 4.69) is 22.3 Å². The van der Waals surface area contributed by atoms with Gasteiger partial charge in [0.1, 0.15) is 6.17 Å². The van der Waals surface area contributed by atoms with E-state index in [1.807, 2.05) is 55.6 Å². The summed E-state index contributed by atoms with van der Waals surface area (Å²) in [7, 11) is 2.01. The van der Waals surface area contributed by atoms with Gasteiger partial charge in [0.25, 0.3) is 0 Å². The van der Waals surface area contributed by atoms with Crippen molar-refractivity contribution in [3.05, 3.63) is 71.8 Å². The van der Waals surface area contributed by atoms with Crippen molar-refractivity contribution < 1.29 is 4.79 Å². The zero-order valence-corrected chi connectivity index (χ0v) is 11.9. The van der Waals surface area contributed by atoms with Crippen molar-refractivity contribution in [2.45, 2.75) is 19.6 Å². The Labute approximate surface area is 120 Å². The lowest BCUT2D eigenvalue weighted by Gasteiger charge is -2.29. The molecule has 1 unspecified atom stereocenters. The van der Waals surface area contributed by atoms with Crippen LogP contribution in [0.1, 0.15) is 24.2 Å². The van der Waals surface area contributed by atoms with Crippen LogP contribution in [0.2, 0.25) is 0 Å². The minimum atomic E-state index is -0.117. The maximum atomic E-state index is 11.4. The van der Waals surface area contributed by atoms with Crippen molar-refractivity contribution in [1.29, 1.82) is 0 Å². The fourth-order valence-corrected chi connectivity index (χ4v) is 2.24. The zero-order chi connectivity index (χ0) is 14.4. The molecule has 2 aromatic rings. The van der Waals surface area contributed by atoms with Crippen molar-refractivity contribution in [1.82, 2.24) is 10.2 Å². The van der Waals surface area contributed by atoms with Crippen LogP contribution in [-0.2, 0) is 11.3 Å². The van der Waals surface area contributed by atoms with Crippen LogP contribution in [0.15, 0.2) is 60.7 Å². The van der Waals surface area contributed by atoms with E-state index in [1.165, 1.54) is 5.56 Å². The van der Waals surface area contributed by atoms with Crippen molar-refractivity contribution in [3.8, 4) is 0 Å². The van der Waals surface area contributed by atoms with Gasteiger partial charge in [0, 0.05) is 13.5 Å². The van der Waals surface area contributed by atoms with Crippen molar-refractivity contribution in [3.63, 3.8) is 0 Å². The molecule has 3 heteroatoms. The van der Waals surface area contributed by atoms with E-state index in [0.717, 1.165) is 12.1 Å². The molecule has 0 aliphatic carbocycles. The van der Waals surface area contributed by atoms with E-state index in [9.17, 15) is 4.79 Å². The third-order valence-corrected chi connectivity index (χ3v) is 3.17. The summed E-state index contributed by atoms with van der Waals surface area (Å²) in [6.45, 7) is 2.33. The van der Waals surface area contributed by atoms with E-state index in [1.54, 1.807) is 6.92 Å². The van der Waals surface area contributed by atoms with Crippen LogP contribution in [0, 0.1) is 0 Å². The van der Waals surface area contributed by atoms with Gasteiger partial charge in [-0.15, -0.1) is 0 Å². The third kappa shape index (κ3) is 3.93. The van der Waals surface area contributed by atoms with Gasteiger partial charge in [-0.25, -0.2) is 0 Å². The molecule has 104 valence electrons. The second-order valence-electron chi connectivity index (χ2n) is 4.91. The summed E-state index contributed by atoms with van der Waals surface area (Å²) in [5.41, 5.74) is 2.31. The Morgan fingerprint density at radius 2 is 1.60 bits per heavy atom. The molecule has 0 aliphatic heterocycles. The van der Waals surface area contributed by atoms with Gasteiger partial charge in [0.05, 0.1) is 0 Å². The van der Waals surface area contributed by atoms with Crippen LogP contribution in [0.3, 0.4) is 0 Å². The monoisotopic (exact) mass is 268 g/mol. The lowest BCUT2D eigenvalue weighted by molar-refractivity contribution is -0.121. The van der Waals surface area contributed by atoms with E-state index in [0.29, 0.717) is 0 Å². The Balaban J connectivity index is 2.16. The molecule has 1 amide bonds. The topological polar surface area (TPSA) is 32.3 Å². The molecule has 2 rings (SSSR count). The molecular weight excluding hydrogens is 248 g/mol. The Bertz CT molecular complexity index is 539. The number of nitrogens with zero attached hydrogens (tertiary/aromatic N) is 1. The van der Waals surface area contributed by atoms with E-state index in [-0.39, 0.29) is 12.1 Å². The molecule has 3 nitrogen and oxygen atoms in total. The molecule has 0 radical (unpaired) electrons. The van der Waals surface area contributed by atoms with Crippen LogP contribution in [0.5, 0.6) is 0 Å². The van der Waals surface area contributed by atoms with Gasteiger partial charge in [-0.05, 0) is 18.2 Å². The number of amides is 1. The smallest absolute Gasteiger partial charge is 0.218 e. The fourth-order valence-electron chi connectivity index (χ4n) is 2.24. The first-order valence-electron chi connectivity index (χ1n) is 6.73. The molecule has 0 aliphatic rings. The minimum absolute atomic E-state index is 0.0289. The zero-order valence-electron chi connectivity index (χ0n) is 11.9. The number of carbonyl (C=O) groups is 1. The number of nitrogens with one attached hydrogen (secondary N) is 1. The summed E-state index contributed by atoms with van der Waals surface area (Å²) in [6.07, 6.45) is -0.117. The van der Waals surface area contributed by atoms with Crippen molar-refractivity contribution >= 4 is 5.91 Å². The summed E-state index contributed by atoms with van der Waals surface area (Å²) in [5, 5.41) is 3.00. The molecule has 1 atom stereocenters. The molecule has 0 saturated carbocycles. The van der Waals surface area contributed by atoms with Crippen LogP contribution in [0.4, 0.5) is 0 Å². The number of hydrogen-bond acceptors (Lipinski definition) is 2. The Kier molecular flexibility index (Phi) is 4.91. The molecule has 0 aromatic heterocycles. The number of carbonyl (C=O) groups excluding carboxylic acids is 1. The molecule has 0 bridgehead atoms. The molecule has 0 saturated heterocycles. The minimum Gasteiger partial charge on any atom is -0.337 e. The van der Waals surface area contributed by atoms with Gasteiger partial charge < -0.3 is 5.32 Å². The highest BCUT2D eigenvalue weighted by atomic mass is 16.1. The lowest BCUT2D eigenvalue weighted by atomic mass is 10.1. The maximum absolute atomic E-state index is 11.4. The maximum Gasteiger partial charge on any atom is 0.218 e. The average molecular weight is 268 g/mol. The largest absolute Gasteiger partial charge is 0.337 e. The van der Waals surface area contributed by atoms with E-state index < -0.39 is 0 Å². The van der Waals surface area contributed by atoms with Gasteiger partial charge in [-0.1, -0.05) is 60.7 Å². The third-order valence-electron chi connectivity index (χ3n) is 3.17. The lowest BCUT2D eigenvalue weighted by Crippen LogP contribution is -2.37. The van der Waals surface area contributed by atoms with E-state index >= 15 is 0 Å². The summed E-state index contributed by atoms with van der Waals surface area (Å²) in [6, 6.07) is 20.2. The molecule has 20 heavy (non-hydrogen) atoms. The number of benzene rings is 2. The highest BCUT2D eigenvalue weighted by Gasteiger charge is 2.17. The quantitative estimate of drug-likeness (QED) is 0.846. The SMILES string of the molecule is CC(=O)NC(c1ccccc1)N(C)Cc1ccccc1. The van der Waals surface area contributed by atoms with Gasteiger partial charge in [0.2, 0.25) is 5.91 Å². The number of rotatable bonds is 5. The molecule has 2 aromatic carbocycles. The Hall–Kier alpha value is -2.13. The highest BCUT2D eigenvalue weighted by molar-refractivity contribution is 5.73. The molecule has 1 N–H and O–H groups in total. The van der Waals surface area contributed by atoms with Gasteiger partial charge in [-0.3, -0.25) is 9.69 Å². The Morgan fingerprint density at radius 1 is 1.05 bits per heavy atom. The van der Waals surface area contributed by atoms with Gasteiger partial charge in [-0.2, -0.15) is 0 Å². The molecular formula is C17H20N2O. The van der Waals surface area contributed by atoms with Gasteiger partial charge >= 0.3 is 0 Å². The fraction of sp³-hybridized carbons (Fsp3) is 0.235. The first-order chi connectivity index (χ1) is 9.66. The van der Waals surface area contributed by atoms with E-state index in [4.69, 9.17) is 0 Å². The predicted octanol–water partition coefficient (Wildman–Crippen LogP) is 2.95. The van der Waals surface area contributed by atoms with Gasteiger partial charge in [0.15, 0.2) is 0 Å². The molecule has 0 fully saturated rings. The summed E-state index contributed by atoms with van der Waals surface area (Å²) in [5.74, 6) is -0.0289. The Morgan fingerprint density at radius 3 is 2.15 bits per heavy atom. The first kappa shape index (κ1) is 14.3. The second-order valence-corrected chi connectivity index (χ2v) is 4.91. The van der Waals surface area contributed by atoms with Crippen molar-refractivity contribution in [2.75, 3.05) is 7.05 Å². The predicted molar refractivity (Wildman–Crippen MR) is 80.9 cm³/mol. The van der Waals surface area contributed by atoms with Crippen molar-refractivity contribution in [2.24, 2.45) is 0 Å². The number of hydrogen-bond donors (Lipinski definition) is 1. The van der Waals surface area contributed by atoms with Crippen LogP contribution >= 0.6 is 0 Å². The molecule has 0 heterocycles. The van der Waals surface area contributed by atoms with Crippen LogP contribution in [0.25, 0.3) is 0 Å². The standard InChI is InChI=1S/C17H20N2O/c1-14(20)18-17(16-11-7-4-8-12-16)19(2)13-15-9-5-3-6-10-15/h3-12,17H,13H2,1-2H3,(H,18,20). The second kappa shape index (κ2) is 6.87. The average Bonchev–Trinajstić information content (AvgIpc) is 2.46. The molecule has 0 spiro atoms. The highest BCUT2D eigenvalue weighted by Crippen LogP contribution is 2.18. The summed E-state index contributed by atoms with van der Waals surface area (Å²) < 4.78 is 0. The van der Waals surface area contributed by atoms with Crippen LogP contribution in [-0.4, -0.2) is 17.9 Å². The first-order valence-corrected chi connectivity index (χ1v) is 6.73. The van der Waals surface area contributed by atoms with Crippen LogP contribution < -0.4 is 5.32 Å². The summed E-state index contributed by atoms with van der Waals surface area (Å²) in [4.78, 5) is 13.6. The normalized spacial score (nSPS) is 12.2. The summed E-state index contributed by atoms with van der Waals surface area (Å²) >= 11 is 0.